The molecule has 0 rings (SSSR count). The summed E-state index contributed by atoms with van der Waals surface area (Å²) in [6.45, 7) is 8.09. The molecule has 7 heteroatoms. The number of amides is 2. The van der Waals surface area contributed by atoms with Crippen molar-refractivity contribution in [2.24, 2.45) is 11.8 Å². The van der Waals surface area contributed by atoms with Crippen molar-refractivity contribution in [2.75, 3.05) is 13.1 Å². The van der Waals surface area contributed by atoms with Crippen LogP contribution in [0.1, 0.15) is 53.4 Å². The van der Waals surface area contributed by atoms with Gasteiger partial charge in [0.25, 0.3) is 5.91 Å². The molecule has 0 saturated heterocycles. The van der Waals surface area contributed by atoms with Gasteiger partial charge in [-0.05, 0) is 31.1 Å². The minimum Gasteiger partial charge on any atom is -0.386 e. The van der Waals surface area contributed by atoms with E-state index in [9.17, 15) is 23.5 Å². The molecule has 0 spiro atoms. The van der Waals surface area contributed by atoms with Gasteiger partial charge >= 0.3 is 5.92 Å². The van der Waals surface area contributed by atoms with E-state index in [4.69, 9.17) is 0 Å². The lowest BCUT2D eigenvalue weighted by Crippen LogP contribution is -2.49. The number of carbonyl (C=O) groups is 2. The van der Waals surface area contributed by atoms with Gasteiger partial charge in [0.1, 0.15) is 6.10 Å². The molecule has 0 aromatic carbocycles. The standard InChI is InChI=1S/C16H30F2N2O3/c1-11(2)5-6-13(21)16(17,18)15(23)20-10-8-14(22)19-9-7-12(3)4/h11-13,21H,5-10H2,1-4H3,(H,19,22)(H,20,23). The Morgan fingerprint density at radius 1 is 0.957 bits per heavy atom. The molecule has 0 saturated carbocycles. The highest BCUT2D eigenvalue weighted by Crippen LogP contribution is 2.23. The van der Waals surface area contributed by atoms with Gasteiger partial charge in [0.15, 0.2) is 0 Å². The van der Waals surface area contributed by atoms with E-state index in [0.29, 0.717) is 18.9 Å². The number of halogens is 2. The molecular weight excluding hydrogens is 306 g/mol. The summed E-state index contributed by atoms with van der Waals surface area (Å²) < 4.78 is 27.4. The molecule has 0 aliphatic heterocycles. The molecule has 2 amide bonds. The highest BCUT2D eigenvalue weighted by Gasteiger charge is 2.45. The third-order valence-electron chi connectivity index (χ3n) is 3.42. The Labute approximate surface area is 137 Å². The van der Waals surface area contributed by atoms with Gasteiger partial charge in [-0.3, -0.25) is 9.59 Å². The summed E-state index contributed by atoms with van der Waals surface area (Å²) in [4.78, 5) is 23.0. The Hall–Kier alpha value is -1.24. The average molecular weight is 336 g/mol. The molecule has 0 fully saturated rings. The van der Waals surface area contributed by atoms with Crippen LogP contribution in [-0.4, -0.2) is 42.0 Å². The van der Waals surface area contributed by atoms with Gasteiger partial charge in [-0.1, -0.05) is 27.7 Å². The zero-order valence-electron chi connectivity index (χ0n) is 14.5. The van der Waals surface area contributed by atoms with Gasteiger partial charge < -0.3 is 15.7 Å². The summed E-state index contributed by atoms with van der Waals surface area (Å²) in [5.74, 6) is -5.05. The van der Waals surface area contributed by atoms with Gasteiger partial charge in [-0.2, -0.15) is 8.78 Å². The van der Waals surface area contributed by atoms with Crippen molar-refractivity contribution < 1.29 is 23.5 Å². The molecule has 0 heterocycles. The molecule has 3 N–H and O–H groups in total. The maximum absolute atomic E-state index is 13.7. The van der Waals surface area contributed by atoms with E-state index in [2.05, 4.69) is 5.32 Å². The molecule has 0 aliphatic carbocycles. The highest BCUT2D eigenvalue weighted by atomic mass is 19.3. The van der Waals surface area contributed by atoms with Gasteiger partial charge in [0.05, 0.1) is 0 Å². The number of carbonyl (C=O) groups excluding carboxylic acids is 2. The smallest absolute Gasteiger partial charge is 0.349 e. The zero-order valence-corrected chi connectivity index (χ0v) is 14.5. The summed E-state index contributed by atoms with van der Waals surface area (Å²) in [5.41, 5.74) is 0. The minimum atomic E-state index is -3.84. The third-order valence-corrected chi connectivity index (χ3v) is 3.42. The number of rotatable bonds is 11. The van der Waals surface area contributed by atoms with Gasteiger partial charge in [0.2, 0.25) is 5.91 Å². The van der Waals surface area contributed by atoms with Crippen molar-refractivity contribution in [1.82, 2.24) is 10.6 Å². The molecule has 136 valence electrons. The maximum Gasteiger partial charge on any atom is 0.349 e. The van der Waals surface area contributed by atoms with Crippen molar-refractivity contribution in [2.45, 2.75) is 65.4 Å². The zero-order chi connectivity index (χ0) is 18.0. The second-order valence-corrected chi connectivity index (χ2v) is 6.65. The van der Waals surface area contributed by atoms with Gasteiger partial charge in [0, 0.05) is 19.5 Å². The Morgan fingerprint density at radius 3 is 2.04 bits per heavy atom. The molecular formula is C16H30F2N2O3. The number of aliphatic hydroxyl groups excluding tert-OH is 1. The SMILES string of the molecule is CC(C)CCNC(=O)CCNC(=O)C(F)(F)C(O)CCC(C)C. The first-order valence-electron chi connectivity index (χ1n) is 8.18. The second-order valence-electron chi connectivity index (χ2n) is 6.65. The molecule has 0 aromatic heterocycles. The number of aliphatic hydroxyl groups is 1. The number of alkyl halides is 2. The summed E-state index contributed by atoms with van der Waals surface area (Å²) in [6, 6.07) is 0. The first kappa shape index (κ1) is 21.8. The topological polar surface area (TPSA) is 78.4 Å². The van der Waals surface area contributed by atoms with Crippen LogP contribution in [0, 0.1) is 11.8 Å². The largest absolute Gasteiger partial charge is 0.386 e. The van der Waals surface area contributed by atoms with Crippen LogP contribution < -0.4 is 10.6 Å². The summed E-state index contributed by atoms with van der Waals surface area (Å²) >= 11 is 0. The van der Waals surface area contributed by atoms with Crippen LogP contribution in [0.4, 0.5) is 8.78 Å². The Balaban J connectivity index is 4.09. The molecule has 0 aromatic rings. The lowest BCUT2D eigenvalue weighted by atomic mass is 10.0. The monoisotopic (exact) mass is 336 g/mol. The number of hydrogen-bond donors (Lipinski definition) is 3. The quantitative estimate of drug-likeness (QED) is 0.540. The van der Waals surface area contributed by atoms with E-state index in [1.54, 1.807) is 0 Å². The highest BCUT2D eigenvalue weighted by molar-refractivity contribution is 5.84. The Kier molecular flexibility index (Phi) is 9.95. The summed E-state index contributed by atoms with van der Waals surface area (Å²) in [7, 11) is 0. The normalized spacial score (nSPS) is 13.3. The first-order valence-corrected chi connectivity index (χ1v) is 8.18. The van der Waals surface area contributed by atoms with E-state index in [1.807, 2.05) is 33.0 Å². The maximum atomic E-state index is 13.7. The Bertz CT molecular complexity index is 374. The molecule has 1 unspecified atom stereocenters. The molecule has 0 bridgehead atoms. The van der Waals surface area contributed by atoms with Crippen LogP contribution in [-0.2, 0) is 9.59 Å². The lowest BCUT2D eigenvalue weighted by Gasteiger charge is -2.22. The fraction of sp³-hybridized carbons (Fsp3) is 0.875. The predicted molar refractivity (Wildman–Crippen MR) is 85.1 cm³/mol. The van der Waals surface area contributed by atoms with E-state index in [-0.39, 0.29) is 31.2 Å². The van der Waals surface area contributed by atoms with Crippen molar-refractivity contribution in [3.8, 4) is 0 Å². The summed E-state index contributed by atoms with van der Waals surface area (Å²) in [5, 5.41) is 14.1. The van der Waals surface area contributed by atoms with E-state index in [0.717, 1.165) is 6.42 Å². The van der Waals surface area contributed by atoms with Crippen molar-refractivity contribution in [3.63, 3.8) is 0 Å². The van der Waals surface area contributed by atoms with Crippen molar-refractivity contribution in [1.29, 1.82) is 0 Å². The van der Waals surface area contributed by atoms with E-state index >= 15 is 0 Å². The molecule has 0 aliphatic rings. The predicted octanol–water partition coefficient (Wildman–Crippen LogP) is 2.09. The average Bonchev–Trinajstić information content (AvgIpc) is 2.43. The fourth-order valence-corrected chi connectivity index (χ4v) is 1.82. The van der Waals surface area contributed by atoms with E-state index < -0.39 is 17.9 Å². The summed E-state index contributed by atoms with van der Waals surface area (Å²) in [6.07, 6.45) is -0.985. The van der Waals surface area contributed by atoms with Gasteiger partial charge in [-0.15, -0.1) is 0 Å². The molecule has 5 nitrogen and oxygen atoms in total. The van der Waals surface area contributed by atoms with Crippen LogP contribution in [0.5, 0.6) is 0 Å². The van der Waals surface area contributed by atoms with Crippen LogP contribution in [0.15, 0.2) is 0 Å². The second kappa shape index (κ2) is 10.5. The van der Waals surface area contributed by atoms with E-state index in [1.165, 1.54) is 0 Å². The van der Waals surface area contributed by atoms with Gasteiger partial charge in [-0.25, -0.2) is 0 Å². The molecule has 23 heavy (non-hydrogen) atoms. The first-order chi connectivity index (χ1) is 10.6. The third kappa shape index (κ3) is 9.48. The van der Waals surface area contributed by atoms with Crippen LogP contribution in [0.25, 0.3) is 0 Å². The minimum absolute atomic E-state index is 0.0675. The lowest BCUT2D eigenvalue weighted by molar-refractivity contribution is -0.164. The molecule has 1 atom stereocenters. The fourth-order valence-electron chi connectivity index (χ4n) is 1.82. The number of hydrogen-bond acceptors (Lipinski definition) is 3. The van der Waals surface area contributed by atoms with Crippen LogP contribution >= 0.6 is 0 Å². The van der Waals surface area contributed by atoms with Crippen molar-refractivity contribution in [3.05, 3.63) is 0 Å². The number of nitrogens with one attached hydrogen (secondary N) is 2. The van der Waals surface area contributed by atoms with Crippen LogP contribution in [0.2, 0.25) is 0 Å². The Morgan fingerprint density at radius 2 is 1.52 bits per heavy atom. The molecule has 0 radical (unpaired) electrons. The van der Waals surface area contributed by atoms with Crippen LogP contribution in [0.3, 0.4) is 0 Å². The van der Waals surface area contributed by atoms with Crippen molar-refractivity contribution >= 4 is 11.8 Å².